The highest BCUT2D eigenvalue weighted by molar-refractivity contribution is 5.99. The Bertz CT molecular complexity index is 1530. The summed E-state index contributed by atoms with van der Waals surface area (Å²) in [4.78, 5) is 77.1. The van der Waals surface area contributed by atoms with Crippen molar-refractivity contribution >= 4 is 41.1 Å². The van der Waals surface area contributed by atoms with E-state index in [1.165, 1.54) is 0 Å². The molecule has 21 heteroatoms. The lowest BCUT2D eigenvalue weighted by atomic mass is 10.0. The van der Waals surface area contributed by atoms with Crippen molar-refractivity contribution in [3.63, 3.8) is 0 Å². The van der Waals surface area contributed by atoms with Crippen LogP contribution in [0.2, 0.25) is 0 Å². The second kappa shape index (κ2) is 19.9. The fourth-order valence-electron chi connectivity index (χ4n) is 4.48. The second-order valence-electron chi connectivity index (χ2n) is 11.0. The molecule has 0 heterocycles. The highest BCUT2D eigenvalue weighted by Crippen LogP contribution is 2.31. The minimum absolute atomic E-state index is 0.0937. The summed E-state index contributed by atoms with van der Waals surface area (Å²) in [7, 11) is 0. The molecule has 11 N–H and O–H groups in total. The van der Waals surface area contributed by atoms with E-state index in [1.807, 2.05) is 0 Å². The third-order valence-corrected chi connectivity index (χ3v) is 7.16. The van der Waals surface area contributed by atoms with E-state index in [0.717, 1.165) is 47.4 Å². The number of anilines is 1. The maximum atomic E-state index is 13.6. The van der Waals surface area contributed by atoms with E-state index < -0.39 is 90.4 Å². The largest absolute Gasteiger partial charge is 0.416 e. The lowest BCUT2D eigenvalue weighted by Gasteiger charge is -2.27. The molecule has 0 radical (unpaired) electrons. The van der Waals surface area contributed by atoms with Crippen molar-refractivity contribution < 1.29 is 55.1 Å². The van der Waals surface area contributed by atoms with Gasteiger partial charge in [-0.25, -0.2) is 0 Å². The van der Waals surface area contributed by atoms with E-state index in [4.69, 9.17) is 17.2 Å². The van der Waals surface area contributed by atoms with Gasteiger partial charge in [-0.1, -0.05) is 18.2 Å². The van der Waals surface area contributed by atoms with Gasteiger partial charge in [-0.05, 0) is 35.9 Å². The van der Waals surface area contributed by atoms with Crippen LogP contribution in [0.1, 0.15) is 23.1 Å². The zero-order chi connectivity index (χ0) is 39.1. The molecule has 6 amide bonds. The number of halogens is 6. The van der Waals surface area contributed by atoms with E-state index in [1.54, 1.807) is 0 Å². The van der Waals surface area contributed by atoms with Crippen LogP contribution in [0.5, 0.6) is 0 Å². The molecule has 0 fully saturated rings. The summed E-state index contributed by atoms with van der Waals surface area (Å²) in [5, 5.41) is 11.7. The maximum Gasteiger partial charge on any atom is 0.416 e. The molecule has 0 spiro atoms. The fourth-order valence-corrected chi connectivity index (χ4v) is 4.48. The molecule has 0 unspecified atom stereocenters. The summed E-state index contributed by atoms with van der Waals surface area (Å²) >= 11 is 0. The first kappa shape index (κ1) is 42.9. The van der Waals surface area contributed by atoms with Crippen molar-refractivity contribution in [2.24, 2.45) is 17.2 Å². The molecular weight excluding hydrogens is 708 g/mol. The summed E-state index contributed by atoms with van der Waals surface area (Å²) in [5.41, 5.74) is 13.6. The van der Waals surface area contributed by atoms with Crippen LogP contribution in [-0.2, 0) is 47.5 Å². The Hall–Kier alpha value is -5.28. The van der Waals surface area contributed by atoms with E-state index in [0.29, 0.717) is 6.07 Å². The third-order valence-electron chi connectivity index (χ3n) is 7.16. The summed E-state index contributed by atoms with van der Waals surface area (Å²) in [6.45, 7) is -1.79. The predicted molar refractivity (Wildman–Crippen MR) is 173 cm³/mol. The van der Waals surface area contributed by atoms with Crippen molar-refractivity contribution in [3.8, 4) is 0 Å². The summed E-state index contributed by atoms with van der Waals surface area (Å²) in [6, 6.07) is 3.65. The number of hydrogen-bond donors (Lipinski definition) is 8. The Balaban J connectivity index is 2.39. The lowest BCUT2D eigenvalue weighted by molar-refractivity contribution is -0.138. The number of carbonyl (C=O) groups is 6. The van der Waals surface area contributed by atoms with Crippen molar-refractivity contribution in [2.45, 2.75) is 37.3 Å². The number of nitrogens with two attached hydrogens (primary N) is 3. The molecule has 0 aromatic heterocycles. The molecule has 0 aliphatic carbocycles. The molecule has 2 atom stereocenters. The number of carbonyl (C=O) groups excluding carboxylic acids is 6. The van der Waals surface area contributed by atoms with Gasteiger partial charge in [0, 0.05) is 38.3 Å². The van der Waals surface area contributed by atoms with Gasteiger partial charge in [-0.3, -0.25) is 28.8 Å². The number of nitrogens with one attached hydrogen (secondary N) is 5. The van der Waals surface area contributed by atoms with Gasteiger partial charge in [0.1, 0.15) is 12.1 Å². The Kier molecular flexibility index (Phi) is 16.4. The Morgan fingerprint density at radius 1 is 0.654 bits per heavy atom. The van der Waals surface area contributed by atoms with Gasteiger partial charge in [0.2, 0.25) is 35.4 Å². The van der Waals surface area contributed by atoms with Crippen molar-refractivity contribution in [3.05, 3.63) is 65.2 Å². The molecule has 0 saturated carbocycles. The van der Waals surface area contributed by atoms with Crippen LogP contribution in [0, 0.1) is 0 Å². The van der Waals surface area contributed by atoms with E-state index >= 15 is 0 Å². The van der Waals surface area contributed by atoms with Crippen LogP contribution in [0.25, 0.3) is 0 Å². The van der Waals surface area contributed by atoms with Gasteiger partial charge in [-0.2, -0.15) is 26.3 Å². The number of alkyl halides is 6. The minimum Gasteiger partial charge on any atom is -0.353 e. The van der Waals surface area contributed by atoms with Gasteiger partial charge in [0.15, 0.2) is 0 Å². The van der Waals surface area contributed by atoms with Crippen LogP contribution in [-0.4, -0.2) is 98.2 Å². The highest BCUT2D eigenvalue weighted by atomic mass is 19.4. The van der Waals surface area contributed by atoms with Crippen molar-refractivity contribution in [2.75, 3.05) is 51.1 Å². The summed E-state index contributed by atoms with van der Waals surface area (Å²) < 4.78 is 79.3. The number of benzene rings is 2. The van der Waals surface area contributed by atoms with Crippen LogP contribution in [0.15, 0.2) is 48.5 Å². The van der Waals surface area contributed by atoms with Crippen molar-refractivity contribution in [1.82, 2.24) is 26.2 Å². The normalized spacial score (nSPS) is 12.6. The van der Waals surface area contributed by atoms with Crippen LogP contribution >= 0.6 is 0 Å². The van der Waals surface area contributed by atoms with Crippen LogP contribution < -0.4 is 43.8 Å². The first-order chi connectivity index (χ1) is 24.4. The second-order valence-corrected chi connectivity index (χ2v) is 11.0. The molecule has 15 nitrogen and oxygen atoms in total. The topological polar surface area (TPSA) is 244 Å². The standard InChI is InChI=1S/C31H39F6N9O6/c32-30(33,34)19-6-4-18(5-7-19)12-22(28(51)43-21-3-1-2-20(13-21)31(35,36)37)45-29(52)23(44-26(49)17-40)14-27(50)46(10-8-41-24(47)15-38)11-9-42-25(48)16-39/h1-7,13,22-23H,8-12,14-17,38-40H2,(H,41,47)(H,42,48)(H,43,51)(H,44,49)(H,45,52)/t22-,23-/m0/s1. The smallest absolute Gasteiger partial charge is 0.353 e. The molecule has 52 heavy (non-hydrogen) atoms. The Morgan fingerprint density at radius 2 is 1.19 bits per heavy atom. The van der Waals surface area contributed by atoms with Gasteiger partial charge < -0.3 is 48.7 Å². The van der Waals surface area contributed by atoms with E-state index in [2.05, 4.69) is 26.6 Å². The first-order valence-electron chi connectivity index (χ1n) is 15.5. The fraction of sp³-hybridized carbons (Fsp3) is 0.419. The van der Waals surface area contributed by atoms with E-state index in [-0.39, 0.29) is 50.5 Å². The zero-order valence-corrected chi connectivity index (χ0v) is 27.5. The molecule has 0 aliphatic rings. The summed E-state index contributed by atoms with van der Waals surface area (Å²) in [6.07, 6.45) is -10.7. The SMILES string of the molecule is NCC(=O)NCCN(CCNC(=O)CN)C(=O)C[C@H](NC(=O)CN)C(=O)N[C@@H](Cc1ccc(C(F)(F)F)cc1)C(=O)Nc1cccc(C(F)(F)F)c1. The number of rotatable bonds is 18. The van der Waals surface area contributed by atoms with Gasteiger partial charge in [0.05, 0.1) is 37.2 Å². The molecule has 286 valence electrons. The lowest BCUT2D eigenvalue weighted by Crippen LogP contribution is -2.55. The van der Waals surface area contributed by atoms with Crippen molar-refractivity contribution in [1.29, 1.82) is 0 Å². The predicted octanol–water partition coefficient (Wildman–Crippen LogP) is -0.798. The number of amides is 6. The van der Waals surface area contributed by atoms with E-state index in [9.17, 15) is 55.1 Å². The molecule has 2 rings (SSSR count). The van der Waals surface area contributed by atoms with Gasteiger partial charge >= 0.3 is 12.4 Å². The van der Waals surface area contributed by atoms with Gasteiger partial charge in [-0.15, -0.1) is 0 Å². The quantitative estimate of drug-likeness (QED) is 0.0890. The monoisotopic (exact) mass is 747 g/mol. The summed E-state index contributed by atoms with van der Waals surface area (Å²) in [5.74, 6) is -5.00. The molecule has 2 aromatic rings. The number of nitrogens with zero attached hydrogens (tertiary/aromatic N) is 1. The van der Waals surface area contributed by atoms with Crippen LogP contribution in [0.3, 0.4) is 0 Å². The molecule has 2 aromatic carbocycles. The Morgan fingerprint density at radius 3 is 1.69 bits per heavy atom. The third kappa shape index (κ3) is 14.5. The molecule has 0 saturated heterocycles. The number of hydrogen-bond acceptors (Lipinski definition) is 9. The van der Waals surface area contributed by atoms with Crippen LogP contribution in [0.4, 0.5) is 32.0 Å². The Labute approximate surface area is 293 Å². The first-order valence-corrected chi connectivity index (χ1v) is 15.5. The average Bonchev–Trinajstić information content (AvgIpc) is 3.09. The molecule has 0 aliphatic heterocycles. The zero-order valence-electron chi connectivity index (χ0n) is 27.5. The van der Waals surface area contributed by atoms with Gasteiger partial charge in [0.25, 0.3) is 0 Å². The average molecular weight is 748 g/mol. The maximum absolute atomic E-state index is 13.6. The molecular formula is C31H39F6N9O6. The minimum atomic E-state index is -4.77. The molecule has 0 bridgehead atoms. The highest BCUT2D eigenvalue weighted by Gasteiger charge is 2.33.